The second kappa shape index (κ2) is 10.2. The summed E-state index contributed by atoms with van der Waals surface area (Å²) in [5.41, 5.74) is -0.413. The number of rotatable bonds is 6. The molecule has 0 unspecified atom stereocenters. The number of anilines is 2. The predicted molar refractivity (Wildman–Crippen MR) is 140 cm³/mol. The number of aromatic nitrogens is 5. The Morgan fingerprint density at radius 3 is 2.51 bits per heavy atom. The van der Waals surface area contributed by atoms with Crippen LogP contribution in [0.15, 0.2) is 103 Å². The van der Waals surface area contributed by atoms with E-state index in [0.717, 1.165) is 6.08 Å². The Hall–Kier alpha value is -4.80. The number of halogens is 3. The van der Waals surface area contributed by atoms with Gasteiger partial charge in [-0.25, -0.2) is 15.0 Å². The summed E-state index contributed by atoms with van der Waals surface area (Å²) in [5, 5.41) is 5.80. The maximum Gasteiger partial charge on any atom is 0.413 e. The van der Waals surface area contributed by atoms with E-state index in [4.69, 9.17) is 0 Å². The zero-order valence-corrected chi connectivity index (χ0v) is 21.0. The average Bonchev–Trinajstić information content (AvgIpc) is 3.37. The number of amides is 1. The Labute approximate surface area is 222 Å². The second-order valence-corrected chi connectivity index (χ2v) is 9.12. The Morgan fingerprint density at radius 1 is 1.05 bits per heavy atom. The van der Waals surface area contributed by atoms with Gasteiger partial charge in [0.05, 0.1) is 17.7 Å². The van der Waals surface area contributed by atoms with Gasteiger partial charge in [-0.05, 0) is 49.4 Å². The zero-order chi connectivity index (χ0) is 27.6. The molecule has 11 heteroatoms. The molecule has 39 heavy (non-hydrogen) atoms. The molecule has 1 aliphatic rings. The van der Waals surface area contributed by atoms with E-state index >= 15 is 0 Å². The molecule has 1 amide bonds. The zero-order valence-electron chi connectivity index (χ0n) is 21.0. The van der Waals surface area contributed by atoms with E-state index in [1.54, 1.807) is 68.0 Å². The van der Waals surface area contributed by atoms with E-state index < -0.39 is 29.2 Å². The monoisotopic (exact) mass is 531 g/mol. The summed E-state index contributed by atoms with van der Waals surface area (Å²) < 4.78 is 44.8. The summed E-state index contributed by atoms with van der Waals surface area (Å²) in [6, 6.07) is 13.8. The first-order chi connectivity index (χ1) is 18.7. The number of carbonyl (C=O) groups is 1. The minimum Gasteiger partial charge on any atom is -0.327 e. The number of imidazole rings is 1. The molecule has 1 aromatic carbocycles. The van der Waals surface area contributed by atoms with Gasteiger partial charge in [0, 0.05) is 53.1 Å². The minimum absolute atomic E-state index is 0.0667. The molecule has 2 atom stereocenters. The van der Waals surface area contributed by atoms with Crippen LogP contribution in [0.25, 0.3) is 11.3 Å². The molecule has 3 heterocycles. The highest BCUT2D eigenvalue weighted by Gasteiger charge is 2.50. The van der Waals surface area contributed by atoms with E-state index in [0.29, 0.717) is 22.6 Å². The SMILES string of the molecule is Cc1cn([C@]2(Nc3nccc(-c4cccnc4)n3)C=C(C(=O)Nc3ccccc3)C=C(C(F)(F)F)[C@@H]2C)cn1. The number of hydrogen-bond donors (Lipinski definition) is 2. The fourth-order valence-corrected chi connectivity index (χ4v) is 4.52. The highest BCUT2D eigenvalue weighted by atomic mass is 19.4. The summed E-state index contributed by atoms with van der Waals surface area (Å²) in [4.78, 5) is 30.5. The quantitative estimate of drug-likeness (QED) is 0.341. The molecule has 0 radical (unpaired) electrons. The Bertz CT molecular complexity index is 1550. The standard InChI is InChI=1S/C28H24F3N7O/c1-18-16-38(17-34-18)27(37-26-33-12-10-24(36-26)20-7-6-11-32-15-20)14-21(13-23(19(27)2)28(29,30)31)25(39)35-22-8-4-3-5-9-22/h3-17,19H,1-2H3,(H,35,39)(H,33,36,37)/t19-,27+/m0/s1. The number of benzene rings is 1. The largest absolute Gasteiger partial charge is 0.413 e. The van der Waals surface area contributed by atoms with Crippen molar-refractivity contribution in [2.75, 3.05) is 10.6 Å². The Morgan fingerprint density at radius 2 is 1.85 bits per heavy atom. The average molecular weight is 532 g/mol. The lowest BCUT2D eigenvalue weighted by Gasteiger charge is -2.42. The van der Waals surface area contributed by atoms with Crippen LogP contribution in [-0.4, -0.2) is 36.6 Å². The van der Waals surface area contributed by atoms with Gasteiger partial charge in [-0.15, -0.1) is 0 Å². The van der Waals surface area contributed by atoms with Crippen molar-refractivity contribution in [1.29, 1.82) is 0 Å². The smallest absolute Gasteiger partial charge is 0.327 e. The van der Waals surface area contributed by atoms with Crippen molar-refractivity contribution in [3.8, 4) is 11.3 Å². The second-order valence-electron chi connectivity index (χ2n) is 9.12. The first-order valence-corrected chi connectivity index (χ1v) is 12.1. The van der Waals surface area contributed by atoms with Crippen LogP contribution in [0.4, 0.5) is 24.8 Å². The number of hydrogen-bond acceptors (Lipinski definition) is 6. The molecule has 0 spiro atoms. The molecule has 8 nitrogen and oxygen atoms in total. The van der Waals surface area contributed by atoms with Crippen molar-refractivity contribution in [2.45, 2.75) is 25.7 Å². The van der Waals surface area contributed by atoms with Crippen molar-refractivity contribution in [2.24, 2.45) is 5.92 Å². The third-order valence-electron chi connectivity index (χ3n) is 6.50. The van der Waals surface area contributed by atoms with E-state index in [1.807, 2.05) is 6.07 Å². The van der Waals surface area contributed by atoms with Gasteiger partial charge in [0.1, 0.15) is 5.66 Å². The highest BCUT2D eigenvalue weighted by molar-refractivity contribution is 6.06. The summed E-state index contributed by atoms with van der Waals surface area (Å²) in [6.07, 6.45) is 5.43. The van der Waals surface area contributed by atoms with Crippen molar-refractivity contribution in [3.05, 3.63) is 109 Å². The first-order valence-electron chi connectivity index (χ1n) is 12.1. The summed E-state index contributed by atoms with van der Waals surface area (Å²) >= 11 is 0. The van der Waals surface area contributed by atoms with Crippen LogP contribution in [0, 0.1) is 12.8 Å². The van der Waals surface area contributed by atoms with Gasteiger partial charge in [-0.2, -0.15) is 13.2 Å². The molecule has 0 aliphatic heterocycles. The van der Waals surface area contributed by atoms with Crippen LogP contribution < -0.4 is 10.6 Å². The molecule has 0 saturated heterocycles. The Balaban J connectivity index is 1.64. The summed E-state index contributed by atoms with van der Waals surface area (Å²) in [5.74, 6) is -1.83. The lowest BCUT2D eigenvalue weighted by atomic mass is 9.79. The molecule has 2 N–H and O–H groups in total. The molecule has 4 aromatic rings. The third-order valence-corrected chi connectivity index (χ3v) is 6.50. The van der Waals surface area contributed by atoms with Gasteiger partial charge < -0.3 is 15.2 Å². The number of nitrogens with zero attached hydrogens (tertiary/aromatic N) is 5. The van der Waals surface area contributed by atoms with E-state index in [2.05, 4.69) is 30.6 Å². The van der Waals surface area contributed by atoms with Crippen LogP contribution in [0.3, 0.4) is 0 Å². The fourth-order valence-electron chi connectivity index (χ4n) is 4.52. The topological polar surface area (TPSA) is 97.6 Å². The first kappa shape index (κ1) is 25.8. The molecular formula is C28H24F3N7O. The highest BCUT2D eigenvalue weighted by Crippen LogP contribution is 2.45. The Kier molecular flexibility index (Phi) is 6.73. The van der Waals surface area contributed by atoms with Crippen LogP contribution in [-0.2, 0) is 10.5 Å². The van der Waals surface area contributed by atoms with Crippen LogP contribution in [0.2, 0.25) is 0 Å². The molecule has 5 rings (SSSR count). The fraction of sp³-hybridized carbons (Fsp3) is 0.179. The predicted octanol–water partition coefficient (Wildman–Crippen LogP) is 5.51. The number of carbonyl (C=O) groups excluding carboxylic acids is 1. The van der Waals surface area contributed by atoms with Gasteiger partial charge in [-0.1, -0.05) is 25.1 Å². The summed E-state index contributed by atoms with van der Waals surface area (Å²) in [6.45, 7) is 3.17. The molecule has 0 saturated carbocycles. The molecule has 0 bridgehead atoms. The molecule has 198 valence electrons. The lowest BCUT2D eigenvalue weighted by Crippen LogP contribution is -2.50. The maximum atomic E-state index is 14.4. The third kappa shape index (κ3) is 5.28. The normalized spacial score (nSPS) is 19.2. The van der Waals surface area contributed by atoms with Crippen molar-refractivity contribution >= 4 is 17.5 Å². The van der Waals surface area contributed by atoms with Crippen LogP contribution >= 0.6 is 0 Å². The van der Waals surface area contributed by atoms with Crippen LogP contribution in [0.1, 0.15) is 12.6 Å². The lowest BCUT2D eigenvalue weighted by molar-refractivity contribution is -0.113. The number of aryl methyl sites for hydroxylation is 1. The number of alkyl halides is 3. The van der Waals surface area contributed by atoms with Gasteiger partial charge >= 0.3 is 6.18 Å². The van der Waals surface area contributed by atoms with Crippen molar-refractivity contribution in [3.63, 3.8) is 0 Å². The van der Waals surface area contributed by atoms with Crippen LogP contribution in [0.5, 0.6) is 0 Å². The van der Waals surface area contributed by atoms with E-state index in [-0.39, 0.29) is 11.5 Å². The van der Waals surface area contributed by atoms with Crippen molar-refractivity contribution in [1.82, 2.24) is 24.5 Å². The van der Waals surface area contributed by atoms with E-state index in [9.17, 15) is 18.0 Å². The summed E-state index contributed by atoms with van der Waals surface area (Å²) in [7, 11) is 0. The molecular weight excluding hydrogens is 507 g/mol. The number of pyridine rings is 1. The minimum atomic E-state index is -4.72. The molecule has 1 aliphatic carbocycles. The van der Waals surface area contributed by atoms with Gasteiger partial charge in [-0.3, -0.25) is 9.78 Å². The van der Waals surface area contributed by atoms with Gasteiger partial charge in [0.15, 0.2) is 0 Å². The molecule has 3 aromatic heterocycles. The van der Waals surface area contributed by atoms with Gasteiger partial charge in [0.2, 0.25) is 5.95 Å². The number of para-hydroxylation sites is 1. The maximum absolute atomic E-state index is 14.4. The van der Waals surface area contributed by atoms with E-state index in [1.165, 1.54) is 30.1 Å². The number of nitrogens with one attached hydrogen (secondary N) is 2. The van der Waals surface area contributed by atoms with Crippen molar-refractivity contribution < 1.29 is 18.0 Å². The van der Waals surface area contributed by atoms with Gasteiger partial charge in [0.25, 0.3) is 5.91 Å². The molecule has 0 fully saturated rings.